The van der Waals surface area contributed by atoms with E-state index in [1.165, 1.54) is 14.0 Å². The van der Waals surface area contributed by atoms with E-state index in [0.717, 1.165) is 4.68 Å². The number of esters is 1. The van der Waals surface area contributed by atoms with E-state index >= 15 is 0 Å². The van der Waals surface area contributed by atoms with Crippen LogP contribution < -0.4 is 0 Å². The summed E-state index contributed by atoms with van der Waals surface area (Å²) >= 11 is 11.9. The van der Waals surface area contributed by atoms with Gasteiger partial charge in [0.15, 0.2) is 0 Å². The average Bonchev–Trinajstić information content (AvgIpc) is 2.74. The number of benzene rings is 1. The monoisotopic (exact) mass is 326 g/mol. The van der Waals surface area contributed by atoms with Crippen molar-refractivity contribution in [1.29, 1.82) is 0 Å². The lowest BCUT2D eigenvalue weighted by Gasteiger charge is -2.03. The van der Waals surface area contributed by atoms with Gasteiger partial charge >= 0.3 is 5.97 Å². The number of nitrogens with zero attached hydrogens (tertiary/aromatic N) is 2. The van der Waals surface area contributed by atoms with Crippen molar-refractivity contribution in [3.05, 3.63) is 39.5 Å². The summed E-state index contributed by atoms with van der Waals surface area (Å²) in [6, 6.07) is 4.80. The van der Waals surface area contributed by atoms with Gasteiger partial charge in [-0.3, -0.25) is 4.79 Å². The highest BCUT2D eigenvalue weighted by atomic mass is 35.5. The molecular formula is C14H12Cl2N2O3. The number of hydrogen-bond donors (Lipinski definition) is 0. The fourth-order valence-corrected chi connectivity index (χ4v) is 2.57. The third-order valence-electron chi connectivity index (χ3n) is 2.94. The molecule has 1 aromatic heterocycles. The van der Waals surface area contributed by atoms with Gasteiger partial charge in [0, 0.05) is 22.5 Å². The third kappa shape index (κ3) is 2.94. The van der Waals surface area contributed by atoms with Crippen LogP contribution in [0.2, 0.25) is 10.0 Å². The van der Waals surface area contributed by atoms with Gasteiger partial charge in [-0.25, -0.2) is 9.48 Å². The van der Waals surface area contributed by atoms with Crippen molar-refractivity contribution in [2.24, 2.45) is 0 Å². The summed E-state index contributed by atoms with van der Waals surface area (Å²) in [5.41, 5.74) is 1.46. The number of rotatable bonds is 2. The van der Waals surface area contributed by atoms with Gasteiger partial charge in [0.05, 0.1) is 12.8 Å². The molecule has 0 amide bonds. The van der Waals surface area contributed by atoms with Crippen molar-refractivity contribution < 1.29 is 14.3 Å². The Morgan fingerprint density at radius 2 is 1.76 bits per heavy atom. The number of carbonyl (C=O) groups excluding carboxylic acids is 2. The molecule has 110 valence electrons. The lowest BCUT2D eigenvalue weighted by molar-refractivity contribution is 0.0601. The van der Waals surface area contributed by atoms with E-state index in [-0.39, 0.29) is 11.5 Å². The van der Waals surface area contributed by atoms with Crippen LogP contribution in [0.4, 0.5) is 0 Å². The second-order valence-corrected chi connectivity index (χ2v) is 5.26. The molecule has 0 aliphatic rings. The molecule has 0 bridgehead atoms. The average molecular weight is 327 g/mol. The molecule has 0 aliphatic carbocycles. The van der Waals surface area contributed by atoms with Crippen LogP contribution in [-0.4, -0.2) is 28.8 Å². The number of halogens is 2. The highest BCUT2D eigenvalue weighted by Gasteiger charge is 2.24. The zero-order chi connectivity index (χ0) is 15.7. The minimum Gasteiger partial charge on any atom is -0.465 e. The van der Waals surface area contributed by atoms with Crippen molar-refractivity contribution in [3.8, 4) is 11.3 Å². The Morgan fingerprint density at radius 1 is 1.19 bits per heavy atom. The van der Waals surface area contributed by atoms with Gasteiger partial charge in [-0.15, -0.1) is 0 Å². The fraction of sp³-hybridized carbons (Fsp3) is 0.214. The standard InChI is InChI=1S/C14H12Cl2N2O3/c1-7-12(14(20)21-3)13(17-18(7)8(2)19)9-4-10(15)6-11(16)5-9/h4-6H,1-3H3. The van der Waals surface area contributed by atoms with E-state index in [0.29, 0.717) is 27.0 Å². The van der Waals surface area contributed by atoms with Crippen molar-refractivity contribution in [2.45, 2.75) is 13.8 Å². The van der Waals surface area contributed by atoms with Crippen LogP contribution in [0, 0.1) is 6.92 Å². The third-order valence-corrected chi connectivity index (χ3v) is 3.38. The van der Waals surface area contributed by atoms with Gasteiger partial charge in [0.1, 0.15) is 11.3 Å². The van der Waals surface area contributed by atoms with Crippen LogP contribution in [0.3, 0.4) is 0 Å². The molecule has 0 fully saturated rings. The Labute approximate surface area is 131 Å². The Kier molecular flexibility index (Phi) is 4.34. The van der Waals surface area contributed by atoms with Crippen LogP contribution >= 0.6 is 23.2 Å². The van der Waals surface area contributed by atoms with Crippen LogP contribution in [0.1, 0.15) is 27.8 Å². The summed E-state index contributed by atoms with van der Waals surface area (Å²) in [4.78, 5) is 23.6. The van der Waals surface area contributed by atoms with E-state index in [2.05, 4.69) is 5.10 Å². The van der Waals surface area contributed by atoms with Gasteiger partial charge < -0.3 is 4.74 Å². The topological polar surface area (TPSA) is 61.2 Å². The quantitative estimate of drug-likeness (QED) is 0.791. The van der Waals surface area contributed by atoms with Crippen LogP contribution in [0.25, 0.3) is 11.3 Å². The maximum Gasteiger partial charge on any atom is 0.342 e. The lowest BCUT2D eigenvalue weighted by Crippen LogP contribution is -2.11. The van der Waals surface area contributed by atoms with Crippen molar-refractivity contribution in [1.82, 2.24) is 9.78 Å². The Balaban J connectivity index is 2.75. The molecule has 21 heavy (non-hydrogen) atoms. The minimum absolute atomic E-state index is 0.214. The maximum absolute atomic E-state index is 12.0. The van der Waals surface area contributed by atoms with E-state index < -0.39 is 5.97 Å². The SMILES string of the molecule is COC(=O)c1c(-c2cc(Cl)cc(Cl)c2)nn(C(C)=O)c1C. The summed E-state index contributed by atoms with van der Waals surface area (Å²) in [5.74, 6) is -0.886. The maximum atomic E-state index is 12.0. The zero-order valence-electron chi connectivity index (χ0n) is 11.6. The Morgan fingerprint density at radius 3 is 2.24 bits per heavy atom. The molecule has 5 nitrogen and oxygen atoms in total. The molecule has 0 spiro atoms. The summed E-state index contributed by atoms with van der Waals surface area (Å²) in [6.07, 6.45) is 0. The lowest BCUT2D eigenvalue weighted by atomic mass is 10.1. The number of aromatic nitrogens is 2. The first kappa shape index (κ1) is 15.5. The fourth-order valence-electron chi connectivity index (χ4n) is 2.05. The molecular weight excluding hydrogens is 315 g/mol. The molecule has 0 unspecified atom stereocenters. The van der Waals surface area contributed by atoms with Crippen LogP contribution in [0.15, 0.2) is 18.2 Å². The molecule has 0 saturated carbocycles. The van der Waals surface area contributed by atoms with E-state index in [1.807, 2.05) is 0 Å². The molecule has 2 rings (SSSR count). The Hall–Kier alpha value is -1.85. The zero-order valence-corrected chi connectivity index (χ0v) is 13.1. The summed E-state index contributed by atoms with van der Waals surface area (Å²) in [7, 11) is 1.27. The summed E-state index contributed by atoms with van der Waals surface area (Å²) < 4.78 is 5.91. The molecule has 7 heteroatoms. The van der Waals surface area contributed by atoms with E-state index in [9.17, 15) is 9.59 Å². The highest BCUT2D eigenvalue weighted by Crippen LogP contribution is 2.30. The van der Waals surface area contributed by atoms with Crippen LogP contribution in [-0.2, 0) is 4.74 Å². The molecule has 0 aliphatic heterocycles. The molecule has 0 N–H and O–H groups in total. The second kappa shape index (κ2) is 5.87. The first-order valence-electron chi connectivity index (χ1n) is 6.00. The predicted octanol–water partition coefficient (Wildman–Crippen LogP) is 3.61. The molecule has 0 saturated heterocycles. The minimum atomic E-state index is -0.578. The van der Waals surface area contributed by atoms with Gasteiger partial charge in [0.2, 0.25) is 5.91 Å². The Bertz CT molecular complexity index is 718. The number of carbonyl (C=O) groups is 2. The number of methoxy groups -OCH3 is 1. The predicted molar refractivity (Wildman–Crippen MR) is 80.1 cm³/mol. The van der Waals surface area contributed by atoms with Gasteiger partial charge in [0.25, 0.3) is 0 Å². The largest absolute Gasteiger partial charge is 0.465 e. The second-order valence-electron chi connectivity index (χ2n) is 4.39. The first-order valence-corrected chi connectivity index (χ1v) is 6.76. The van der Waals surface area contributed by atoms with Gasteiger partial charge in [-0.2, -0.15) is 5.10 Å². The summed E-state index contributed by atoms with van der Waals surface area (Å²) in [6.45, 7) is 2.98. The first-order chi connectivity index (χ1) is 9.85. The molecule has 0 atom stereocenters. The van der Waals surface area contributed by atoms with Crippen molar-refractivity contribution >= 4 is 35.1 Å². The van der Waals surface area contributed by atoms with Gasteiger partial charge in [-0.1, -0.05) is 23.2 Å². The van der Waals surface area contributed by atoms with E-state index in [4.69, 9.17) is 27.9 Å². The molecule has 0 radical (unpaired) electrons. The van der Waals surface area contributed by atoms with Crippen LogP contribution in [0.5, 0.6) is 0 Å². The van der Waals surface area contributed by atoms with Crippen molar-refractivity contribution in [3.63, 3.8) is 0 Å². The normalized spacial score (nSPS) is 10.5. The summed E-state index contributed by atoms with van der Waals surface area (Å²) in [5, 5.41) is 4.99. The van der Waals surface area contributed by atoms with E-state index in [1.54, 1.807) is 25.1 Å². The highest BCUT2D eigenvalue weighted by molar-refractivity contribution is 6.35. The van der Waals surface area contributed by atoms with Gasteiger partial charge in [-0.05, 0) is 25.1 Å². The molecule has 1 heterocycles. The smallest absolute Gasteiger partial charge is 0.342 e. The number of ether oxygens (including phenoxy) is 1. The molecule has 2 aromatic rings. The van der Waals surface area contributed by atoms with Crippen molar-refractivity contribution in [2.75, 3.05) is 7.11 Å². The molecule has 1 aromatic carbocycles. The number of hydrogen-bond acceptors (Lipinski definition) is 4.